The van der Waals surface area contributed by atoms with Gasteiger partial charge in [-0.15, -0.1) is 0 Å². The topological polar surface area (TPSA) is 70.2 Å². The molecule has 2 aromatic rings. The van der Waals surface area contributed by atoms with Gasteiger partial charge in [-0.1, -0.05) is 6.07 Å². The number of aromatic nitrogens is 1. The summed E-state index contributed by atoms with van der Waals surface area (Å²) in [7, 11) is 0. The average Bonchev–Trinajstić information content (AvgIpc) is 2.36. The highest BCUT2D eigenvalue weighted by Crippen LogP contribution is 2.12. The number of aromatic amines is 1. The fraction of sp³-hybridized carbons (Fsp3) is 0.0769. The number of rotatable bonds is 3. The molecule has 1 heterocycles. The van der Waals surface area contributed by atoms with Crippen molar-refractivity contribution >= 4 is 5.97 Å². The molecule has 0 unspecified atom stereocenters. The summed E-state index contributed by atoms with van der Waals surface area (Å²) in [6.07, 6.45) is 1.10. The molecule has 4 nitrogen and oxygen atoms in total. The van der Waals surface area contributed by atoms with Crippen LogP contribution in [0.3, 0.4) is 0 Å². The molecule has 19 heavy (non-hydrogen) atoms. The molecule has 0 fully saturated rings. The minimum absolute atomic E-state index is 0.0215. The zero-order valence-corrected chi connectivity index (χ0v) is 9.61. The van der Waals surface area contributed by atoms with Gasteiger partial charge in [-0.2, -0.15) is 0 Å². The Hall–Kier alpha value is -2.50. The third-order valence-corrected chi connectivity index (χ3v) is 2.61. The summed E-state index contributed by atoms with van der Waals surface area (Å²) in [6, 6.07) is 4.48. The van der Waals surface area contributed by atoms with E-state index in [1.54, 1.807) is 0 Å². The highest BCUT2D eigenvalue weighted by atomic mass is 19.2. The maximum atomic E-state index is 13.0. The first-order valence-corrected chi connectivity index (χ1v) is 5.36. The van der Waals surface area contributed by atoms with Crippen molar-refractivity contribution in [2.24, 2.45) is 0 Å². The second-order valence-corrected chi connectivity index (χ2v) is 3.97. The molecule has 0 radical (unpaired) electrons. The smallest absolute Gasteiger partial charge is 0.337 e. The van der Waals surface area contributed by atoms with Crippen molar-refractivity contribution in [2.45, 2.75) is 6.42 Å². The van der Waals surface area contributed by atoms with E-state index < -0.39 is 23.2 Å². The van der Waals surface area contributed by atoms with Crippen LogP contribution in [0.2, 0.25) is 0 Å². The lowest BCUT2D eigenvalue weighted by Gasteiger charge is -2.03. The van der Waals surface area contributed by atoms with E-state index in [4.69, 9.17) is 5.11 Å². The molecule has 0 bridgehead atoms. The SMILES string of the molecule is O=C(O)c1c[nH]c(=O)c(Cc2ccc(F)c(F)c2)c1. The van der Waals surface area contributed by atoms with Crippen LogP contribution in [0, 0.1) is 11.6 Å². The summed E-state index contributed by atoms with van der Waals surface area (Å²) in [6.45, 7) is 0. The van der Waals surface area contributed by atoms with E-state index in [2.05, 4.69) is 4.98 Å². The van der Waals surface area contributed by atoms with Crippen molar-refractivity contribution in [2.75, 3.05) is 0 Å². The maximum absolute atomic E-state index is 13.0. The number of hydrogen-bond acceptors (Lipinski definition) is 2. The van der Waals surface area contributed by atoms with Crippen molar-refractivity contribution in [3.63, 3.8) is 0 Å². The minimum Gasteiger partial charge on any atom is -0.478 e. The maximum Gasteiger partial charge on any atom is 0.337 e. The zero-order valence-electron chi connectivity index (χ0n) is 9.61. The van der Waals surface area contributed by atoms with Gasteiger partial charge in [0, 0.05) is 18.2 Å². The van der Waals surface area contributed by atoms with Crippen LogP contribution in [-0.2, 0) is 6.42 Å². The van der Waals surface area contributed by atoms with Crippen LogP contribution in [-0.4, -0.2) is 16.1 Å². The molecule has 98 valence electrons. The Kier molecular flexibility index (Phi) is 3.41. The Bertz CT molecular complexity index is 695. The predicted molar refractivity (Wildman–Crippen MR) is 63.2 cm³/mol. The summed E-state index contributed by atoms with van der Waals surface area (Å²) < 4.78 is 25.8. The van der Waals surface area contributed by atoms with E-state index in [1.807, 2.05) is 0 Å². The number of nitrogens with one attached hydrogen (secondary N) is 1. The van der Waals surface area contributed by atoms with Gasteiger partial charge in [-0.05, 0) is 23.8 Å². The van der Waals surface area contributed by atoms with Crippen molar-refractivity contribution in [3.8, 4) is 0 Å². The van der Waals surface area contributed by atoms with Crippen LogP contribution in [0.25, 0.3) is 0 Å². The Morgan fingerprint density at radius 2 is 1.95 bits per heavy atom. The van der Waals surface area contributed by atoms with E-state index in [-0.39, 0.29) is 17.5 Å². The number of carbonyl (C=O) groups is 1. The summed E-state index contributed by atoms with van der Waals surface area (Å²) in [5.41, 5.74) is 0.0183. The van der Waals surface area contributed by atoms with Crippen molar-refractivity contribution in [1.29, 1.82) is 0 Å². The summed E-state index contributed by atoms with van der Waals surface area (Å²) in [5.74, 6) is -3.16. The fourth-order valence-corrected chi connectivity index (χ4v) is 1.66. The molecule has 0 saturated heterocycles. The molecule has 0 aliphatic carbocycles. The van der Waals surface area contributed by atoms with Gasteiger partial charge in [0.25, 0.3) is 5.56 Å². The second kappa shape index (κ2) is 5.01. The molecule has 2 N–H and O–H groups in total. The van der Waals surface area contributed by atoms with E-state index in [0.717, 1.165) is 18.3 Å². The molecule has 0 aliphatic rings. The first-order chi connectivity index (χ1) is 8.97. The number of hydrogen-bond donors (Lipinski definition) is 2. The summed E-state index contributed by atoms with van der Waals surface area (Å²) in [5, 5.41) is 8.82. The van der Waals surface area contributed by atoms with Crippen molar-refractivity contribution in [3.05, 3.63) is 69.1 Å². The Morgan fingerprint density at radius 1 is 1.21 bits per heavy atom. The van der Waals surface area contributed by atoms with E-state index in [0.29, 0.717) is 5.56 Å². The van der Waals surface area contributed by atoms with E-state index in [1.165, 1.54) is 12.1 Å². The van der Waals surface area contributed by atoms with Gasteiger partial charge in [-0.3, -0.25) is 4.79 Å². The number of H-pyrrole nitrogens is 1. The molecular formula is C13H9F2NO3. The normalized spacial score (nSPS) is 10.4. The molecule has 6 heteroatoms. The van der Waals surface area contributed by atoms with Gasteiger partial charge in [0.2, 0.25) is 0 Å². The van der Waals surface area contributed by atoms with Crippen LogP contribution in [0.5, 0.6) is 0 Å². The molecule has 0 spiro atoms. The van der Waals surface area contributed by atoms with E-state index >= 15 is 0 Å². The number of carboxylic acids is 1. The van der Waals surface area contributed by atoms with Crippen molar-refractivity contribution < 1.29 is 18.7 Å². The van der Waals surface area contributed by atoms with Crippen LogP contribution < -0.4 is 5.56 Å². The molecule has 2 rings (SSSR count). The average molecular weight is 265 g/mol. The Balaban J connectivity index is 2.37. The third-order valence-electron chi connectivity index (χ3n) is 2.61. The molecule has 1 aromatic carbocycles. The number of carboxylic acid groups (broad SMARTS) is 1. The third kappa shape index (κ3) is 2.85. The quantitative estimate of drug-likeness (QED) is 0.891. The zero-order chi connectivity index (χ0) is 14.0. The fourth-order valence-electron chi connectivity index (χ4n) is 1.66. The monoisotopic (exact) mass is 265 g/mol. The predicted octanol–water partition coefficient (Wildman–Crippen LogP) is 1.94. The van der Waals surface area contributed by atoms with Crippen LogP contribution in [0.1, 0.15) is 21.5 Å². The first kappa shape index (κ1) is 12.9. The van der Waals surface area contributed by atoms with E-state index in [9.17, 15) is 18.4 Å². The van der Waals surface area contributed by atoms with Crippen LogP contribution >= 0.6 is 0 Å². The Labute approximate surface area is 106 Å². The lowest BCUT2D eigenvalue weighted by atomic mass is 10.0. The molecule has 0 aliphatic heterocycles. The lowest BCUT2D eigenvalue weighted by Crippen LogP contribution is -2.15. The molecule has 0 amide bonds. The minimum atomic E-state index is -1.18. The molecule has 1 aromatic heterocycles. The van der Waals surface area contributed by atoms with Crippen LogP contribution in [0.4, 0.5) is 8.78 Å². The summed E-state index contributed by atoms with van der Waals surface area (Å²) in [4.78, 5) is 24.6. The summed E-state index contributed by atoms with van der Waals surface area (Å²) >= 11 is 0. The lowest BCUT2D eigenvalue weighted by molar-refractivity contribution is 0.0696. The second-order valence-electron chi connectivity index (χ2n) is 3.97. The molecule has 0 saturated carbocycles. The molecular weight excluding hydrogens is 256 g/mol. The standard InChI is InChI=1S/C13H9F2NO3/c14-10-2-1-7(4-11(10)15)3-8-5-9(13(18)19)6-16-12(8)17/h1-2,4-6H,3H2,(H,16,17)(H,18,19). The van der Waals surface area contributed by atoms with Gasteiger partial charge >= 0.3 is 5.97 Å². The van der Waals surface area contributed by atoms with Gasteiger partial charge < -0.3 is 10.1 Å². The number of halogens is 2. The number of benzene rings is 1. The molecule has 0 atom stereocenters. The highest BCUT2D eigenvalue weighted by Gasteiger charge is 2.09. The highest BCUT2D eigenvalue weighted by molar-refractivity contribution is 5.87. The Morgan fingerprint density at radius 3 is 2.58 bits per heavy atom. The largest absolute Gasteiger partial charge is 0.478 e. The number of pyridine rings is 1. The van der Waals surface area contributed by atoms with Gasteiger partial charge in [-0.25, -0.2) is 13.6 Å². The first-order valence-electron chi connectivity index (χ1n) is 5.36. The van der Waals surface area contributed by atoms with Crippen molar-refractivity contribution in [1.82, 2.24) is 4.98 Å². The number of aromatic carboxylic acids is 1. The van der Waals surface area contributed by atoms with Gasteiger partial charge in [0.1, 0.15) is 0 Å². The van der Waals surface area contributed by atoms with Crippen LogP contribution in [0.15, 0.2) is 35.3 Å². The van der Waals surface area contributed by atoms with Gasteiger partial charge in [0.15, 0.2) is 11.6 Å². The van der Waals surface area contributed by atoms with Gasteiger partial charge in [0.05, 0.1) is 5.56 Å².